The van der Waals surface area contributed by atoms with Gasteiger partial charge in [-0.1, -0.05) is 22.0 Å². The number of hydrogen-bond acceptors (Lipinski definition) is 2. The fraction of sp³-hybridized carbons (Fsp3) is 0.462. The summed E-state index contributed by atoms with van der Waals surface area (Å²) in [4.78, 5) is 13.0. The Kier molecular flexibility index (Phi) is 4.02. The molecule has 5 heteroatoms. The second-order valence-electron chi connectivity index (χ2n) is 4.68. The number of benzene rings is 1. The fourth-order valence-electron chi connectivity index (χ4n) is 2.43. The van der Waals surface area contributed by atoms with E-state index in [1.165, 1.54) is 6.07 Å². The molecule has 3 nitrogen and oxygen atoms in total. The molecule has 98 valence electrons. The van der Waals surface area contributed by atoms with Crippen LogP contribution in [0.2, 0.25) is 0 Å². The first kappa shape index (κ1) is 13.5. The van der Waals surface area contributed by atoms with E-state index in [0.29, 0.717) is 29.5 Å². The Morgan fingerprint density at radius 3 is 2.89 bits per heavy atom. The molecule has 0 saturated carbocycles. The summed E-state index contributed by atoms with van der Waals surface area (Å²) >= 11 is 3.22. The van der Waals surface area contributed by atoms with E-state index in [2.05, 4.69) is 15.9 Å². The van der Waals surface area contributed by atoms with Gasteiger partial charge in [0.2, 0.25) is 0 Å². The molecular weight excluding hydrogens is 301 g/mol. The van der Waals surface area contributed by atoms with Gasteiger partial charge in [-0.05, 0) is 32.0 Å². The van der Waals surface area contributed by atoms with Gasteiger partial charge in [-0.15, -0.1) is 0 Å². The van der Waals surface area contributed by atoms with Crippen molar-refractivity contribution >= 4 is 21.9 Å². The molecule has 2 rings (SSSR count). The number of nitrogens with zero attached hydrogens (tertiary/aromatic N) is 1. The second kappa shape index (κ2) is 5.36. The average Bonchev–Trinajstić information content (AvgIpc) is 2.64. The van der Waals surface area contributed by atoms with Crippen molar-refractivity contribution in [3.05, 3.63) is 34.1 Å². The molecule has 1 aliphatic rings. The number of carboxylic acid groups (broad SMARTS) is 1. The third-order valence-corrected chi connectivity index (χ3v) is 4.08. The van der Waals surface area contributed by atoms with Gasteiger partial charge in [-0.2, -0.15) is 0 Å². The van der Waals surface area contributed by atoms with E-state index in [1.54, 1.807) is 12.1 Å². The highest BCUT2D eigenvalue weighted by Crippen LogP contribution is 2.27. The summed E-state index contributed by atoms with van der Waals surface area (Å²) in [5.41, 5.74) is 0.607. The van der Waals surface area contributed by atoms with Crippen molar-refractivity contribution in [2.45, 2.75) is 25.9 Å². The molecule has 2 atom stereocenters. The van der Waals surface area contributed by atoms with Crippen molar-refractivity contribution in [1.29, 1.82) is 0 Å². The van der Waals surface area contributed by atoms with Crippen molar-refractivity contribution in [1.82, 2.24) is 4.90 Å². The van der Waals surface area contributed by atoms with Gasteiger partial charge >= 0.3 is 5.97 Å². The van der Waals surface area contributed by atoms with E-state index >= 15 is 0 Å². The zero-order valence-electron chi connectivity index (χ0n) is 10.1. The Morgan fingerprint density at radius 2 is 2.33 bits per heavy atom. The SMILES string of the molecule is CC1C(C(=O)O)CCN1Cc1ccc(Br)cc1F. The smallest absolute Gasteiger partial charge is 0.308 e. The van der Waals surface area contributed by atoms with Gasteiger partial charge in [0.1, 0.15) is 5.82 Å². The third-order valence-electron chi connectivity index (χ3n) is 3.59. The van der Waals surface area contributed by atoms with Gasteiger partial charge in [0, 0.05) is 22.6 Å². The summed E-state index contributed by atoms with van der Waals surface area (Å²) in [6.07, 6.45) is 0.634. The Bertz CT molecular complexity index is 466. The Morgan fingerprint density at radius 1 is 1.61 bits per heavy atom. The summed E-state index contributed by atoms with van der Waals surface area (Å²) in [5.74, 6) is -1.36. The predicted octanol–water partition coefficient (Wildman–Crippen LogP) is 2.88. The van der Waals surface area contributed by atoms with Crippen LogP contribution in [0.3, 0.4) is 0 Å². The van der Waals surface area contributed by atoms with E-state index in [-0.39, 0.29) is 17.8 Å². The average molecular weight is 316 g/mol. The molecule has 1 aromatic rings. The number of halogens is 2. The van der Waals surface area contributed by atoms with E-state index < -0.39 is 5.97 Å². The van der Waals surface area contributed by atoms with E-state index in [9.17, 15) is 9.18 Å². The monoisotopic (exact) mass is 315 g/mol. The molecule has 0 aromatic heterocycles. The minimum atomic E-state index is -0.763. The van der Waals surface area contributed by atoms with Gasteiger partial charge in [0.15, 0.2) is 0 Å². The van der Waals surface area contributed by atoms with Crippen LogP contribution in [0.15, 0.2) is 22.7 Å². The van der Waals surface area contributed by atoms with Crippen LogP contribution < -0.4 is 0 Å². The molecule has 18 heavy (non-hydrogen) atoms. The number of aliphatic carboxylic acids is 1. The zero-order chi connectivity index (χ0) is 13.3. The number of likely N-dealkylation sites (tertiary alicyclic amines) is 1. The summed E-state index contributed by atoms with van der Waals surface area (Å²) in [5, 5.41) is 9.05. The van der Waals surface area contributed by atoms with Crippen LogP contribution in [-0.2, 0) is 11.3 Å². The maximum absolute atomic E-state index is 13.7. The second-order valence-corrected chi connectivity index (χ2v) is 5.60. The van der Waals surface area contributed by atoms with Crippen LogP contribution >= 0.6 is 15.9 Å². The molecule has 1 aliphatic heterocycles. The predicted molar refractivity (Wildman–Crippen MR) is 69.7 cm³/mol. The molecule has 1 aromatic carbocycles. The third kappa shape index (κ3) is 2.72. The number of carbonyl (C=O) groups is 1. The maximum atomic E-state index is 13.7. The number of rotatable bonds is 3. The van der Waals surface area contributed by atoms with Gasteiger partial charge in [0.05, 0.1) is 5.92 Å². The highest BCUT2D eigenvalue weighted by atomic mass is 79.9. The van der Waals surface area contributed by atoms with Crippen LogP contribution in [0, 0.1) is 11.7 Å². The first-order valence-electron chi connectivity index (χ1n) is 5.90. The normalized spacial score (nSPS) is 24.4. The lowest BCUT2D eigenvalue weighted by Gasteiger charge is -2.23. The molecule has 2 unspecified atom stereocenters. The van der Waals surface area contributed by atoms with Crippen LogP contribution in [0.1, 0.15) is 18.9 Å². The molecule has 0 amide bonds. The first-order valence-corrected chi connectivity index (χ1v) is 6.69. The molecule has 1 saturated heterocycles. The van der Waals surface area contributed by atoms with E-state index in [1.807, 2.05) is 11.8 Å². The standard InChI is InChI=1S/C13H15BrFNO2/c1-8-11(13(17)18)4-5-16(8)7-9-2-3-10(14)6-12(9)15/h2-3,6,8,11H,4-5,7H2,1H3,(H,17,18). The van der Waals surface area contributed by atoms with Crippen molar-refractivity contribution in [2.24, 2.45) is 5.92 Å². The lowest BCUT2D eigenvalue weighted by atomic mass is 10.0. The van der Waals surface area contributed by atoms with Gasteiger partial charge in [-0.25, -0.2) is 4.39 Å². The maximum Gasteiger partial charge on any atom is 0.308 e. The van der Waals surface area contributed by atoms with Crippen LogP contribution in [0.5, 0.6) is 0 Å². The zero-order valence-corrected chi connectivity index (χ0v) is 11.7. The summed E-state index contributed by atoms with van der Waals surface area (Å²) in [6.45, 7) is 3.06. The largest absolute Gasteiger partial charge is 0.481 e. The molecule has 0 aliphatic carbocycles. The summed E-state index contributed by atoms with van der Waals surface area (Å²) in [6, 6.07) is 4.92. The van der Waals surface area contributed by atoms with Crippen molar-refractivity contribution < 1.29 is 14.3 Å². The van der Waals surface area contributed by atoms with Crippen LogP contribution in [-0.4, -0.2) is 28.6 Å². The quantitative estimate of drug-likeness (QED) is 0.932. The number of carboxylic acids is 1. The molecule has 1 fully saturated rings. The molecule has 0 bridgehead atoms. The van der Waals surface area contributed by atoms with E-state index in [0.717, 1.165) is 0 Å². The fourth-order valence-corrected chi connectivity index (χ4v) is 2.76. The lowest BCUT2D eigenvalue weighted by Crippen LogP contribution is -2.32. The minimum absolute atomic E-state index is 0.0504. The first-order chi connectivity index (χ1) is 8.49. The molecule has 0 spiro atoms. The van der Waals surface area contributed by atoms with Crippen LogP contribution in [0.4, 0.5) is 4.39 Å². The Hall–Kier alpha value is -0.940. The summed E-state index contributed by atoms with van der Waals surface area (Å²) in [7, 11) is 0. The highest BCUT2D eigenvalue weighted by molar-refractivity contribution is 9.10. The molecule has 1 N–H and O–H groups in total. The van der Waals surface area contributed by atoms with Crippen molar-refractivity contribution in [3.63, 3.8) is 0 Å². The lowest BCUT2D eigenvalue weighted by molar-refractivity contribution is -0.142. The van der Waals surface area contributed by atoms with Crippen molar-refractivity contribution in [3.8, 4) is 0 Å². The molecule has 0 radical (unpaired) electrons. The minimum Gasteiger partial charge on any atom is -0.481 e. The number of hydrogen-bond donors (Lipinski definition) is 1. The van der Waals surface area contributed by atoms with Crippen LogP contribution in [0.25, 0.3) is 0 Å². The van der Waals surface area contributed by atoms with Gasteiger partial charge < -0.3 is 5.11 Å². The Balaban J connectivity index is 2.09. The summed E-state index contributed by atoms with van der Waals surface area (Å²) < 4.78 is 14.4. The molecular formula is C13H15BrFNO2. The topological polar surface area (TPSA) is 40.5 Å². The van der Waals surface area contributed by atoms with E-state index in [4.69, 9.17) is 5.11 Å². The van der Waals surface area contributed by atoms with Gasteiger partial charge in [-0.3, -0.25) is 9.69 Å². The van der Waals surface area contributed by atoms with Gasteiger partial charge in [0.25, 0.3) is 0 Å². The molecule has 1 heterocycles. The highest BCUT2D eigenvalue weighted by Gasteiger charge is 2.35. The Labute approximate surface area is 114 Å². The van der Waals surface area contributed by atoms with Crippen molar-refractivity contribution in [2.75, 3.05) is 6.54 Å².